The highest BCUT2D eigenvalue weighted by Crippen LogP contribution is 2.52. The van der Waals surface area contributed by atoms with Gasteiger partial charge in [-0.1, -0.05) is 57.6 Å². The first-order valence-electron chi connectivity index (χ1n) is 11.7. The summed E-state index contributed by atoms with van der Waals surface area (Å²) < 4.78 is 29.6. The minimum Gasteiger partial charge on any atom is -0.481 e. The Balaban J connectivity index is 1.74. The van der Waals surface area contributed by atoms with Crippen LogP contribution in [0.2, 0.25) is 0 Å². The van der Waals surface area contributed by atoms with Crippen molar-refractivity contribution in [3.8, 4) is 5.75 Å². The SMILES string of the molecule is CCCCCC1CCC(C2(c3ccc(OC(F)F)cc3)CCC(C(=O)O)CC2)CC1. The van der Waals surface area contributed by atoms with Crippen molar-refractivity contribution in [3.05, 3.63) is 29.8 Å². The van der Waals surface area contributed by atoms with Gasteiger partial charge < -0.3 is 9.84 Å². The number of hydrogen-bond acceptors (Lipinski definition) is 2. The third kappa shape index (κ3) is 5.53. The zero-order chi connectivity index (χ0) is 21.6. The Morgan fingerprint density at radius 2 is 1.70 bits per heavy atom. The van der Waals surface area contributed by atoms with Crippen LogP contribution >= 0.6 is 0 Å². The summed E-state index contributed by atoms with van der Waals surface area (Å²) in [5, 5.41) is 9.46. The van der Waals surface area contributed by atoms with Gasteiger partial charge in [-0.2, -0.15) is 8.78 Å². The fourth-order valence-electron chi connectivity index (χ4n) is 5.97. The molecule has 2 aliphatic carbocycles. The number of ether oxygens (including phenoxy) is 1. The normalized spacial score (nSPS) is 29.7. The van der Waals surface area contributed by atoms with Crippen molar-refractivity contribution in [1.82, 2.24) is 0 Å². The zero-order valence-electron chi connectivity index (χ0n) is 18.1. The molecule has 1 N–H and O–H groups in total. The van der Waals surface area contributed by atoms with E-state index in [4.69, 9.17) is 0 Å². The van der Waals surface area contributed by atoms with Crippen molar-refractivity contribution in [2.45, 2.75) is 96.0 Å². The van der Waals surface area contributed by atoms with Gasteiger partial charge in [-0.15, -0.1) is 0 Å². The molecule has 0 bridgehead atoms. The molecular formula is C25H36F2O3. The number of carbonyl (C=O) groups is 1. The summed E-state index contributed by atoms with van der Waals surface area (Å²) in [7, 11) is 0. The third-order valence-electron chi connectivity index (χ3n) is 7.73. The van der Waals surface area contributed by atoms with Crippen LogP contribution in [0.5, 0.6) is 5.75 Å². The van der Waals surface area contributed by atoms with Crippen molar-refractivity contribution in [2.24, 2.45) is 17.8 Å². The van der Waals surface area contributed by atoms with E-state index in [1.165, 1.54) is 56.9 Å². The smallest absolute Gasteiger partial charge is 0.387 e. The fraction of sp³-hybridized carbons (Fsp3) is 0.720. The monoisotopic (exact) mass is 422 g/mol. The second-order valence-electron chi connectivity index (χ2n) is 9.38. The van der Waals surface area contributed by atoms with E-state index in [2.05, 4.69) is 11.7 Å². The lowest BCUT2D eigenvalue weighted by Gasteiger charge is -2.48. The molecule has 0 aliphatic heterocycles. The molecule has 30 heavy (non-hydrogen) atoms. The standard InChI is InChI=1S/C25H36F2O3/c1-2-3-4-5-18-6-8-20(9-7-18)25(16-14-19(15-17-25)23(28)29)21-10-12-22(13-11-21)30-24(26)27/h10-13,18-20,24H,2-9,14-17H2,1H3,(H,28,29). The number of hydrogen-bond donors (Lipinski definition) is 1. The quantitative estimate of drug-likeness (QED) is 0.429. The lowest BCUT2D eigenvalue weighted by Crippen LogP contribution is -2.42. The molecule has 0 radical (unpaired) electrons. The van der Waals surface area contributed by atoms with Gasteiger partial charge in [0, 0.05) is 0 Å². The number of unbranched alkanes of at least 4 members (excludes halogenated alkanes) is 2. The molecule has 2 fully saturated rings. The summed E-state index contributed by atoms with van der Waals surface area (Å²) in [4.78, 5) is 11.5. The summed E-state index contributed by atoms with van der Waals surface area (Å²) in [6, 6.07) is 7.16. The number of benzene rings is 1. The Morgan fingerprint density at radius 3 is 2.23 bits per heavy atom. The number of carboxylic acids is 1. The Labute approximate surface area is 179 Å². The van der Waals surface area contributed by atoms with Crippen LogP contribution in [0.25, 0.3) is 0 Å². The number of rotatable bonds is 9. The van der Waals surface area contributed by atoms with Gasteiger partial charge in [0.25, 0.3) is 0 Å². The highest BCUT2D eigenvalue weighted by molar-refractivity contribution is 5.70. The Bertz CT molecular complexity index is 657. The van der Waals surface area contributed by atoms with Gasteiger partial charge in [0.1, 0.15) is 5.75 Å². The van der Waals surface area contributed by atoms with Gasteiger partial charge in [0.05, 0.1) is 5.92 Å². The third-order valence-corrected chi connectivity index (χ3v) is 7.73. The van der Waals surface area contributed by atoms with Crippen LogP contribution in [0.3, 0.4) is 0 Å². The first-order chi connectivity index (χ1) is 14.4. The van der Waals surface area contributed by atoms with E-state index >= 15 is 0 Å². The van der Waals surface area contributed by atoms with Crippen LogP contribution in [0.4, 0.5) is 8.78 Å². The second-order valence-corrected chi connectivity index (χ2v) is 9.38. The lowest BCUT2D eigenvalue weighted by atomic mass is 9.56. The molecule has 5 heteroatoms. The molecule has 0 heterocycles. The Kier molecular flexibility index (Phi) is 8.13. The first-order valence-corrected chi connectivity index (χ1v) is 11.7. The number of carboxylic acid groups (broad SMARTS) is 1. The van der Waals surface area contributed by atoms with Crippen molar-refractivity contribution in [1.29, 1.82) is 0 Å². The van der Waals surface area contributed by atoms with Crippen molar-refractivity contribution < 1.29 is 23.4 Å². The Morgan fingerprint density at radius 1 is 1.07 bits per heavy atom. The zero-order valence-corrected chi connectivity index (χ0v) is 18.1. The molecule has 3 rings (SSSR count). The van der Waals surface area contributed by atoms with E-state index in [1.54, 1.807) is 12.1 Å². The van der Waals surface area contributed by atoms with Gasteiger partial charge in [-0.25, -0.2) is 0 Å². The van der Waals surface area contributed by atoms with E-state index in [9.17, 15) is 18.7 Å². The summed E-state index contributed by atoms with van der Waals surface area (Å²) in [6.07, 6.45) is 13.2. The van der Waals surface area contributed by atoms with Crippen LogP contribution in [0.15, 0.2) is 24.3 Å². The van der Waals surface area contributed by atoms with E-state index < -0.39 is 12.6 Å². The van der Waals surface area contributed by atoms with Crippen LogP contribution in [0.1, 0.15) is 89.5 Å². The average Bonchev–Trinajstić information content (AvgIpc) is 2.74. The number of alkyl halides is 2. The second kappa shape index (κ2) is 10.6. The minimum absolute atomic E-state index is 0.0380. The summed E-state index contributed by atoms with van der Waals surface area (Å²) >= 11 is 0. The maximum Gasteiger partial charge on any atom is 0.387 e. The maximum absolute atomic E-state index is 12.5. The number of halogens is 2. The molecule has 0 aromatic heterocycles. The maximum atomic E-state index is 12.5. The molecule has 0 amide bonds. The van der Waals surface area contributed by atoms with Gasteiger partial charge in [-0.3, -0.25) is 4.79 Å². The first kappa shape index (κ1) is 23.0. The molecular weight excluding hydrogens is 386 g/mol. The average molecular weight is 423 g/mol. The predicted octanol–water partition coefficient (Wildman–Crippen LogP) is 7.19. The van der Waals surface area contributed by atoms with E-state index in [0.29, 0.717) is 18.8 Å². The van der Waals surface area contributed by atoms with E-state index in [1.807, 2.05) is 12.1 Å². The Hall–Kier alpha value is -1.65. The van der Waals surface area contributed by atoms with Crippen molar-refractivity contribution in [2.75, 3.05) is 0 Å². The fourth-order valence-corrected chi connectivity index (χ4v) is 5.97. The summed E-state index contributed by atoms with van der Waals surface area (Å²) in [5.41, 5.74) is 1.13. The molecule has 2 saturated carbocycles. The molecule has 1 aromatic rings. The minimum atomic E-state index is -2.82. The van der Waals surface area contributed by atoms with Gasteiger partial charge >= 0.3 is 12.6 Å². The molecule has 0 atom stereocenters. The van der Waals surface area contributed by atoms with Crippen LogP contribution in [-0.2, 0) is 10.2 Å². The summed E-state index contributed by atoms with van der Waals surface area (Å²) in [5.74, 6) is 0.593. The lowest BCUT2D eigenvalue weighted by molar-refractivity contribution is -0.143. The molecule has 3 nitrogen and oxygen atoms in total. The molecule has 0 spiro atoms. The topological polar surface area (TPSA) is 46.5 Å². The van der Waals surface area contributed by atoms with Gasteiger partial charge in [-0.05, 0) is 73.5 Å². The van der Waals surface area contributed by atoms with Gasteiger partial charge in [0.15, 0.2) is 0 Å². The molecule has 1 aromatic carbocycles. The van der Waals surface area contributed by atoms with Crippen LogP contribution in [-0.4, -0.2) is 17.7 Å². The largest absolute Gasteiger partial charge is 0.481 e. The van der Waals surface area contributed by atoms with Crippen molar-refractivity contribution >= 4 is 5.97 Å². The van der Waals surface area contributed by atoms with Crippen molar-refractivity contribution in [3.63, 3.8) is 0 Å². The van der Waals surface area contributed by atoms with E-state index in [0.717, 1.165) is 18.8 Å². The van der Waals surface area contributed by atoms with E-state index in [-0.39, 0.29) is 17.1 Å². The molecule has 2 aliphatic rings. The van der Waals surface area contributed by atoms with Crippen LogP contribution in [0, 0.1) is 17.8 Å². The predicted molar refractivity (Wildman–Crippen MR) is 114 cm³/mol. The van der Waals surface area contributed by atoms with Gasteiger partial charge in [0.2, 0.25) is 0 Å². The highest BCUT2D eigenvalue weighted by Gasteiger charge is 2.45. The molecule has 168 valence electrons. The van der Waals surface area contributed by atoms with Crippen LogP contribution < -0.4 is 4.74 Å². The highest BCUT2D eigenvalue weighted by atomic mass is 19.3. The summed E-state index contributed by atoms with van der Waals surface area (Å²) in [6.45, 7) is -0.579. The molecule has 0 saturated heterocycles. The molecule has 0 unspecified atom stereocenters. The number of aliphatic carboxylic acids is 1.